The number of aromatic nitrogens is 3. The van der Waals surface area contributed by atoms with Gasteiger partial charge in [-0.05, 0) is 75.5 Å². The maximum atomic E-state index is 14.7. The lowest BCUT2D eigenvalue weighted by molar-refractivity contribution is 0.0932. The van der Waals surface area contributed by atoms with Gasteiger partial charge in [0, 0.05) is 16.9 Å². The second-order valence-electron chi connectivity index (χ2n) is 9.95. The largest absolute Gasteiger partial charge is 0.488 e. The Balaban J connectivity index is 1.51. The minimum atomic E-state index is -0.603. The topological polar surface area (TPSA) is 86.1 Å². The van der Waals surface area contributed by atoms with Crippen LogP contribution in [0.25, 0.3) is 27.7 Å². The Morgan fingerprint density at radius 3 is 2.49 bits per heavy atom. The van der Waals surface area contributed by atoms with Crippen LogP contribution in [-0.2, 0) is 0 Å². The van der Waals surface area contributed by atoms with Gasteiger partial charge < -0.3 is 10.1 Å². The maximum Gasteiger partial charge on any atom is 0.272 e. The summed E-state index contributed by atoms with van der Waals surface area (Å²) in [5, 5.41) is 4.37. The SMILES string of the molecule is Cc1ncc(-c2ccc(OC(C)C)c(F)c2)nc1C(=O)N[C@@H](C)c1cc2cccc(Cl)c2c(=O)n1-c1ccccc1. The van der Waals surface area contributed by atoms with Gasteiger partial charge in [-0.3, -0.25) is 19.1 Å². The molecule has 41 heavy (non-hydrogen) atoms. The summed E-state index contributed by atoms with van der Waals surface area (Å²) in [5.74, 6) is -0.881. The summed E-state index contributed by atoms with van der Waals surface area (Å²) in [5.41, 5.74) is 2.20. The number of hydrogen-bond donors (Lipinski definition) is 1. The van der Waals surface area contributed by atoms with E-state index in [-0.39, 0.29) is 23.1 Å². The molecule has 0 saturated heterocycles. The number of ether oxygens (including phenoxy) is 1. The molecule has 208 valence electrons. The molecule has 0 aliphatic carbocycles. The number of rotatable bonds is 7. The van der Waals surface area contributed by atoms with Crippen LogP contribution >= 0.6 is 11.6 Å². The molecule has 5 rings (SSSR count). The number of benzene rings is 3. The molecule has 0 aliphatic heterocycles. The summed E-state index contributed by atoms with van der Waals surface area (Å²) in [6, 6.07) is 20.2. The fourth-order valence-corrected chi connectivity index (χ4v) is 4.92. The number of aryl methyl sites for hydroxylation is 1. The first-order chi connectivity index (χ1) is 19.6. The fraction of sp³-hybridized carbons (Fsp3) is 0.188. The summed E-state index contributed by atoms with van der Waals surface area (Å²) in [4.78, 5) is 36.1. The van der Waals surface area contributed by atoms with Crippen molar-refractivity contribution in [2.75, 3.05) is 0 Å². The first-order valence-corrected chi connectivity index (χ1v) is 13.5. The van der Waals surface area contributed by atoms with Crippen molar-refractivity contribution in [3.63, 3.8) is 0 Å². The normalized spacial score (nSPS) is 12.0. The van der Waals surface area contributed by atoms with Crippen LogP contribution in [0.5, 0.6) is 5.75 Å². The van der Waals surface area contributed by atoms with E-state index in [0.29, 0.717) is 44.1 Å². The molecule has 2 heterocycles. The molecular formula is C32H28ClFN4O3. The molecule has 0 spiro atoms. The van der Waals surface area contributed by atoms with Gasteiger partial charge in [0.25, 0.3) is 11.5 Å². The number of carbonyl (C=O) groups is 1. The van der Waals surface area contributed by atoms with Gasteiger partial charge in [0.1, 0.15) is 5.69 Å². The molecule has 0 aliphatic rings. The molecule has 1 amide bonds. The highest BCUT2D eigenvalue weighted by molar-refractivity contribution is 6.35. The van der Waals surface area contributed by atoms with Crippen LogP contribution in [0.3, 0.4) is 0 Å². The number of amides is 1. The minimum Gasteiger partial charge on any atom is -0.488 e. The Bertz CT molecular complexity index is 1820. The Morgan fingerprint density at radius 2 is 1.78 bits per heavy atom. The lowest BCUT2D eigenvalue weighted by atomic mass is 10.1. The van der Waals surface area contributed by atoms with Gasteiger partial charge in [-0.1, -0.05) is 41.9 Å². The van der Waals surface area contributed by atoms with E-state index in [1.54, 1.807) is 36.6 Å². The number of carbonyl (C=O) groups excluding carboxylic acids is 1. The van der Waals surface area contributed by atoms with E-state index in [9.17, 15) is 14.0 Å². The molecule has 1 atom stereocenters. The van der Waals surface area contributed by atoms with Gasteiger partial charge in [0.15, 0.2) is 11.6 Å². The molecule has 5 aromatic rings. The Hall–Kier alpha value is -4.56. The van der Waals surface area contributed by atoms with E-state index < -0.39 is 17.8 Å². The lowest BCUT2D eigenvalue weighted by Gasteiger charge is -2.21. The van der Waals surface area contributed by atoms with Crippen molar-refractivity contribution in [1.29, 1.82) is 0 Å². The van der Waals surface area contributed by atoms with E-state index >= 15 is 0 Å². The molecule has 1 N–H and O–H groups in total. The molecule has 2 aromatic heterocycles. The Morgan fingerprint density at radius 1 is 1.02 bits per heavy atom. The third kappa shape index (κ3) is 5.69. The number of para-hydroxylation sites is 1. The quantitative estimate of drug-likeness (QED) is 0.232. The Labute approximate surface area is 241 Å². The molecule has 0 radical (unpaired) electrons. The predicted octanol–water partition coefficient (Wildman–Crippen LogP) is 6.83. The standard InChI is InChI=1S/C32H28ClFN4O3/c1-18(2)41-28-14-13-21(15-25(28)34)26-17-35-20(4)30(37-26)31(39)36-19(3)27-16-22-9-8-12-24(33)29(22)32(40)38(27)23-10-6-5-7-11-23/h5-19H,1-4H3,(H,36,39)/t19-/m0/s1. The third-order valence-electron chi connectivity index (χ3n) is 6.59. The van der Waals surface area contributed by atoms with Crippen molar-refractivity contribution in [2.24, 2.45) is 0 Å². The number of pyridine rings is 1. The zero-order valence-electron chi connectivity index (χ0n) is 23.0. The highest BCUT2D eigenvalue weighted by Gasteiger charge is 2.22. The van der Waals surface area contributed by atoms with E-state index in [0.717, 1.165) is 0 Å². The highest BCUT2D eigenvalue weighted by Crippen LogP contribution is 2.27. The molecule has 7 nitrogen and oxygen atoms in total. The summed E-state index contributed by atoms with van der Waals surface area (Å²) in [7, 11) is 0. The average molecular weight is 571 g/mol. The van der Waals surface area contributed by atoms with Crippen molar-refractivity contribution in [1.82, 2.24) is 19.9 Å². The summed E-state index contributed by atoms with van der Waals surface area (Å²) in [6.07, 6.45) is 1.32. The van der Waals surface area contributed by atoms with Crippen LogP contribution in [0.15, 0.2) is 83.8 Å². The minimum absolute atomic E-state index is 0.0923. The number of nitrogens with zero attached hydrogens (tertiary/aromatic N) is 3. The van der Waals surface area contributed by atoms with Crippen molar-refractivity contribution < 1.29 is 13.9 Å². The van der Waals surface area contributed by atoms with Gasteiger partial charge in [-0.25, -0.2) is 9.37 Å². The van der Waals surface area contributed by atoms with Crippen LogP contribution in [0.4, 0.5) is 4.39 Å². The molecular weight excluding hydrogens is 543 g/mol. The van der Waals surface area contributed by atoms with Gasteiger partial charge in [0.05, 0.1) is 40.1 Å². The smallest absolute Gasteiger partial charge is 0.272 e. The van der Waals surface area contributed by atoms with E-state index in [4.69, 9.17) is 16.3 Å². The van der Waals surface area contributed by atoms with Crippen LogP contribution in [-0.4, -0.2) is 26.5 Å². The number of halogens is 2. The second-order valence-corrected chi connectivity index (χ2v) is 10.4. The average Bonchev–Trinajstić information content (AvgIpc) is 2.94. The monoisotopic (exact) mass is 570 g/mol. The van der Waals surface area contributed by atoms with E-state index in [1.807, 2.05) is 56.3 Å². The van der Waals surface area contributed by atoms with Crippen molar-refractivity contribution in [3.05, 3.63) is 117 Å². The molecule has 0 bridgehead atoms. The van der Waals surface area contributed by atoms with E-state index in [1.165, 1.54) is 18.3 Å². The highest BCUT2D eigenvalue weighted by atomic mass is 35.5. The van der Waals surface area contributed by atoms with Gasteiger partial charge in [-0.2, -0.15) is 0 Å². The van der Waals surface area contributed by atoms with Crippen molar-refractivity contribution >= 4 is 28.3 Å². The third-order valence-corrected chi connectivity index (χ3v) is 6.91. The fourth-order valence-electron chi connectivity index (χ4n) is 4.65. The zero-order valence-corrected chi connectivity index (χ0v) is 23.7. The van der Waals surface area contributed by atoms with Gasteiger partial charge in [0.2, 0.25) is 0 Å². The molecule has 3 aromatic carbocycles. The first kappa shape index (κ1) is 28.0. The Kier molecular flexibility index (Phi) is 7.85. The van der Waals surface area contributed by atoms with Crippen LogP contribution < -0.4 is 15.6 Å². The van der Waals surface area contributed by atoms with Crippen molar-refractivity contribution in [2.45, 2.75) is 39.8 Å². The van der Waals surface area contributed by atoms with Crippen LogP contribution in [0.1, 0.15) is 48.7 Å². The first-order valence-electron chi connectivity index (χ1n) is 13.1. The van der Waals surface area contributed by atoms with Crippen LogP contribution in [0, 0.1) is 12.7 Å². The number of fused-ring (bicyclic) bond motifs is 1. The summed E-state index contributed by atoms with van der Waals surface area (Å²) < 4.78 is 21.7. The van der Waals surface area contributed by atoms with Crippen LogP contribution in [0.2, 0.25) is 5.02 Å². The molecule has 9 heteroatoms. The number of nitrogens with one attached hydrogen (secondary N) is 1. The number of hydrogen-bond acceptors (Lipinski definition) is 5. The second kappa shape index (κ2) is 11.5. The van der Waals surface area contributed by atoms with Crippen molar-refractivity contribution in [3.8, 4) is 22.7 Å². The predicted molar refractivity (Wildman–Crippen MR) is 158 cm³/mol. The lowest BCUT2D eigenvalue weighted by Crippen LogP contribution is -2.33. The molecule has 0 saturated carbocycles. The summed E-state index contributed by atoms with van der Waals surface area (Å²) >= 11 is 6.41. The summed E-state index contributed by atoms with van der Waals surface area (Å²) in [6.45, 7) is 7.10. The van der Waals surface area contributed by atoms with Gasteiger partial charge >= 0.3 is 0 Å². The molecule has 0 unspecified atom stereocenters. The van der Waals surface area contributed by atoms with Gasteiger partial charge in [-0.15, -0.1) is 0 Å². The van der Waals surface area contributed by atoms with E-state index in [2.05, 4.69) is 15.3 Å². The molecule has 0 fully saturated rings. The zero-order chi connectivity index (χ0) is 29.3. The maximum absolute atomic E-state index is 14.7.